The third-order valence-electron chi connectivity index (χ3n) is 4.56. The molecular formula is C18H19N3O3. The maximum Gasteiger partial charge on any atom is 0.323 e. The van der Waals surface area contributed by atoms with Gasteiger partial charge < -0.3 is 19.7 Å². The number of H-pyrrole nitrogens is 2. The van der Waals surface area contributed by atoms with Crippen LogP contribution in [0.15, 0.2) is 39.5 Å². The minimum absolute atomic E-state index is 0.0787. The topological polar surface area (TPSA) is 90.9 Å². The third-order valence-corrected chi connectivity index (χ3v) is 4.56. The molecule has 0 unspecified atom stereocenters. The fourth-order valence-electron chi connectivity index (χ4n) is 3.02. The minimum atomic E-state index is -0.257. The number of carbonyl (C=O) groups is 1. The molecule has 6 nitrogen and oxygen atoms in total. The van der Waals surface area contributed by atoms with Gasteiger partial charge >= 0.3 is 5.69 Å². The lowest BCUT2D eigenvalue weighted by molar-refractivity contribution is -0.116. The zero-order valence-electron chi connectivity index (χ0n) is 13.4. The van der Waals surface area contributed by atoms with Gasteiger partial charge in [-0.05, 0) is 42.7 Å². The van der Waals surface area contributed by atoms with Crippen molar-refractivity contribution in [1.82, 2.24) is 9.97 Å². The molecule has 1 fully saturated rings. The molecule has 1 aliphatic carbocycles. The predicted molar refractivity (Wildman–Crippen MR) is 91.1 cm³/mol. The highest BCUT2D eigenvalue weighted by molar-refractivity contribution is 5.93. The van der Waals surface area contributed by atoms with Crippen LogP contribution in [0.4, 0.5) is 5.69 Å². The van der Waals surface area contributed by atoms with E-state index in [1.54, 1.807) is 18.2 Å². The van der Waals surface area contributed by atoms with Crippen LogP contribution in [0.1, 0.15) is 37.2 Å². The van der Waals surface area contributed by atoms with E-state index in [4.69, 9.17) is 4.42 Å². The van der Waals surface area contributed by atoms with E-state index in [-0.39, 0.29) is 11.6 Å². The summed E-state index contributed by atoms with van der Waals surface area (Å²) in [5, 5.41) is 2.85. The Kier molecular flexibility index (Phi) is 3.52. The summed E-state index contributed by atoms with van der Waals surface area (Å²) in [5.41, 5.74) is 1.80. The average molecular weight is 325 g/mol. The first kappa shape index (κ1) is 14.8. The number of fused-ring (bicyclic) bond motifs is 1. The van der Waals surface area contributed by atoms with Crippen LogP contribution in [0, 0.1) is 5.92 Å². The highest BCUT2D eigenvalue weighted by atomic mass is 16.3. The van der Waals surface area contributed by atoms with E-state index in [0.29, 0.717) is 35.9 Å². The van der Waals surface area contributed by atoms with Gasteiger partial charge in [-0.15, -0.1) is 0 Å². The molecule has 124 valence electrons. The summed E-state index contributed by atoms with van der Waals surface area (Å²) < 4.78 is 5.82. The molecule has 2 heterocycles. The highest BCUT2D eigenvalue weighted by Crippen LogP contribution is 2.47. The summed E-state index contributed by atoms with van der Waals surface area (Å²) in [6.45, 7) is 2.22. The summed E-state index contributed by atoms with van der Waals surface area (Å²) in [6, 6.07) is 9.26. The first-order valence-electron chi connectivity index (χ1n) is 8.19. The lowest BCUT2D eigenvalue weighted by atomic mass is 10.2. The molecule has 24 heavy (non-hydrogen) atoms. The van der Waals surface area contributed by atoms with Gasteiger partial charge in [-0.1, -0.05) is 6.92 Å². The number of furan rings is 1. The number of hydrogen-bond donors (Lipinski definition) is 3. The normalized spacial score (nSPS) is 19.5. The van der Waals surface area contributed by atoms with Gasteiger partial charge in [0.05, 0.1) is 11.0 Å². The second-order valence-corrected chi connectivity index (χ2v) is 6.51. The molecular weight excluding hydrogens is 306 g/mol. The fourth-order valence-corrected chi connectivity index (χ4v) is 3.02. The van der Waals surface area contributed by atoms with Crippen molar-refractivity contribution in [2.24, 2.45) is 5.92 Å². The van der Waals surface area contributed by atoms with E-state index in [2.05, 4.69) is 22.2 Å². The molecule has 2 atom stereocenters. The SMILES string of the molecule is C[C@@H]1C[C@H]1c1ccc(CCC(=O)Nc2ccc3[nH]c(=O)[nH]c3c2)o1. The molecule has 3 aromatic rings. The Morgan fingerprint density at radius 3 is 2.83 bits per heavy atom. The quantitative estimate of drug-likeness (QED) is 0.673. The Labute approximate surface area is 138 Å². The Hall–Kier alpha value is -2.76. The molecule has 3 N–H and O–H groups in total. The minimum Gasteiger partial charge on any atom is -0.466 e. The van der Waals surface area contributed by atoms with E-state index in [1.165, 1.54) is 6.42 Å². The molecule has 2 aromatic heterocycles. The molecule has 1 saturated carbocycles. The second-order valence-electron chi connectivity index (χ2n) is 6.51. The smallest absolute Gasteiger partial charge is 0.323 e. The van der Waals surface area contributed by atoms with E-state index in [1.807, 2.05) is 12.1 Å². The van der Waals surface area contributed by atoms with Crippen LogP contribution in [0.5, 0.6) is 0 Å². The summed E-state index contributed by atoms with van der Waals surface area (Å²) in [5.74, 6) is 3.08. The standard InChI is InChI=1S/C18H19N3O3/c1-10-8-13(10)16-6-3-12(24-16)4-7-17(22)19-11-2-5-14-15(9-11)21-18(23)20-14/h2-3,5-6,9-10,13H,4,7-8H2,1H3,(H,19,22)(H2,20,21,23)/t10-,13-/m1/s1. The first-order chi connectivity index (χ1) is 11.6. The number of rotatable bonds is 5. The lowest BCUT2D eigenvalue weighted by Gasteiger charge is -2.04. The van der Waals surface area contributed by atoms with Crippen LogP contribution in [-0.2, 0) is 11.2 Å². The molecule has 0 aliphatic heterocycles. The Balaban J connectivity index is 1.35. The van der Waals surface area contributed by atoms with Gasteiger partial charge in [0.15, 0.2) is 0 Å². The number of anilines is 1. The molecule has 0 radical (unpaired) electrons. The highest BCUT2D eigenvalue weighted by Gasteiger charge is 2.36. The Morgan fingerprint density at radius 2 is 2.04 bits per heavy atom. The van der Waals surface area contributed by atoms with Crippen molar-refractivity contribution < 1.29 is 9.21 Å². The van der Waals surface area contributed by atoms with Gasteiger partial charge in [-0.25, -0.2) is 4.79 Å². The van der Waals surface area contributed by atoms with Crippen LogP contribution in [0.2, 0.25) is 0 Å². The van der Waals surface area contributed by atoms with Crippen molar-refractivity contribution in [3.8, 4) is 0 Å². The molecule has 0 saturated heterocycles. The summed E-state index contributed by atoms with van der Waals surface area (Å²) in [6.07, 6.45) is 2.13. The summed E-state index contributed by atoms with van der Waals surface area (Å²) >= 11 is 0. The largest absolute Gasteiger partial charge is 0.466 e. The van der Waals surface area contributed by atoms with Crippen molar-refractivity contribution in [1.29, 1.82) is 0 Å². The van der Waals surface area contributed by atoms with E-state index in [0.717, 1.165) is 17.0 Å². The molecule has 0 spiro atoms. The van der Waals surface area contributed by atoms with E-state index in [9.17, 15) is 9.59 Å². The van der Waals surface area contributed by atoms with Crippen LogP contribution < -0.4 is 11.0 Å². The van der Waals surface area contributed by atoms with Crippen molar-refractivity contribution in [2.45, 2.75) is 32.1 Å². The Bertz CT molecular complexity index is 950. The van der Waals surface area contributed by atoms with Crippen LogP contribution in [0.25, 0.3) is 11.0 Å². The molecule has 1 aliphatic rings. The number of carbonyl (C=O) groups excluding carboxylic acids is 1. The monoisotopic (exact) mass is 325 g/mol. The van der Waals surface area contributed by atoms with Gasteiger partial charge in [0.2, 0.25) is 5.91 Å². The fraction of sp³-hybridized carbons (Fsp3) is 0.333. The maximum absolute atomic E-state index is 12.1. The third kappa shape index (κ3) is 2.99. The van der Waals surface area contributed by atoms with Crippen LogP contribution in [0.3, 0.4) is 0 Å². The number of hydrogen-bond acceptors (Lipinski definition) is 3. The molecule has 1 amide bonds. The van der Waals surface area contributed by atoms with Gasteiger partial charge in [0, 0.05) is 24.4 Å². The van der Waals surface area contributed by atoms with Crippen LogP contribution in [-0.4, -0.2) is 15.9 Å². The molecule has 0 bridgehead atoms. The molecule has 6 heteroatoms. The van der Waals surface area contributed by atoms with Gasteiger partial charge in [-0.3, -0.25) is 4.79 Å². The number of aromatic nitrogens is 2. The van der Waals surface area contributed by atoms with Gasteiger partial charge in [0.1, 0.15) is 11.5 Å². The summed E-state index contributed by atoms with van der Waals surface area (Å²) in [7, 11) is 0. The molecule has 1 aromatic carbocycles. The van der Waals surface area contributed by atoms with Gasteiger partial charge in [-0.2, -0.15) is 0 Å². The lowest BCUT2D eigenvalue weighted by Crippen LogP contribution is -2.12. The number of aryl methyl sites for hydroxylation is 1. The zero-order valence-corrected chi connectivity index (χ0v) is 13.4. The maximum atomic E-state index is 12.1. The number of nitrogens with one attached hydrogen (secondary N) is 3. The second kappa shape index (κ2) is 5.70. The number of amides is 1. The van der Waals surface area contributed by atoms with Crippen molar-refractivity contribution >= 4 is 22.6 Å². The number of aromatic amines is 2. The van der Waals surface area contributed by atoms with Crippen molar-refractivity contribution in [2.75, 3.05) is 5.32 Å². The van der Waals surface area contributed by atoms with Crippen molar-refractivity contribution in [3.05, 3.63) is 52.3 Å². The zero-order chi connectivity index (χ0) is 16.7. The molecule has 4 rings (SSSR count). The van der Waals surface area contributed by atoms with E-state index >= 15 is 0 Å². The van der Waals surface area contributed by atoms with Crippen LogP contribution >= 0.6 is 0 Å². The number of benzene rings is 1. The van der Waals surface area contributed by atoms with Crippen molar-refractivity contribution in [3.63, 3.8) is 0 Å². The first-order valence-corrected chi connectivity index (χ1v) is 8.19. The van der Waals surface area contributed by atoms with Gasteiger partial charge in [0.25, 0.3) is 0 Å². The summed E-state index contributed by atoms with van der Waals surface area (Å²) in [4.78, 5) is 28.7. The predicted octanol–water partition coefficient (Wildman–Crippen LogP) is 3.14. The van der Waals surface area contributed by atoms with E-state index < -0.39 is 0 Å². The number of imidazole rings is 1. The Morgan fingerprint density at radius 1 is 1.25 bits per heavy atom. The average Bonchev–Trinajstić information content (AvgIpc) is 2.97.